The van der Waals surface area contributed by atoms with Crippen LogP contribution in [0.1, 0.15) is 11.1 Å². The topological polar surface area (TPSA) is 56.7 Å². The number of aromatic nitrogens is 3. The number of aryl methyl sites for hydroxylation is 2. The number of rotatable bonds is 4. The van der Waals surface area contributed by atoms with Crippen LogP contribution in [0, 0.1) is 0 Å². The first kappa shape index (κ1) is 11.9. The van der Waals surface area contributed by atoms with Gasteiger partial charge in [-0.25, -0.2) is 4.98 Å². The molecule has 96 valence electrons. The molecule has 0 bridgehead atoms. The maximum absolute atomic E-state index is 5.79. The van der Waals surface area contributed by atoms with Crippen LogP contribution in [0.5, 0.6) is 0 Å². The molecule has 0 saturated heterocycles. The highest BCUT2D eigenvalue weighted by Gasteiger charge is 2.07. The average Bonchev–Trinajstić information content (AvgIpc) is 2.84. The summed E-state index contributed by atoms with van der Waals surface area (Å²) in [4.78, 5) is 8.59. The van der Waals surface area contributed by atoms with Gasteiger partial charge in [-0.05, 0) is 35.7 Å². The summed E-state index contributed by atoms with van der Waals surface area (Å²) >= 11 is 0. The van der Waals surface area contributed by atoms with Crippen LogP contribution in [0.4, 0.5) is 0 Å². The zero-order valence-electron chi connectivity index (χ0n) is 10.7. The molecular weight excluding hydrogens is 236 g/mol. The van der Waals surface area contributed by atoms with E-state index >= 15 is 0 Å². The molecule has 0 amide bonds. The minimum absolute atomic E-state index is 0.544. The Kier molecular flexibility index (Phi) is 3.25. The first-order valence-corrected chi connectivity index (χ1v) is 6.40. The molecule has 0 spiro atoms. The van der Waals surface area contributed by atoms with E-state index in [2.05, 4.69) is 32.9 Å². The molecule has 0 aliphatic carbocycles. The van der Waals surface area contributed by atoms with Crippen LogP contribution < -0.4 is 5.73 Å². The molecule has 3 aromatic rings. The predicted molar refractivity (Wildman–Crippen MR) is 75.6 cm³/mol. The lowest BCUT2D eigenvalue weighted by atomic mass is 10.2. The summed E-state index contributed by atoms with van der Waals surface area (Å²) < 4.78 is 2.17. The number of pyridine rings is 2. The Bertz CT molecular complexity index is 673. The molecule has 3 rings (SSSR count). The fourth-order valence-corrected chi connectivity index (χ4v) is 2.32. The van der Waals surface area contributed by atoms with E-state index in [0.29, 0.717) is 6.54 Å². The van der Waals surface area contributed by atoms with Crippen LogP contribution in [-0.2, 0) is 19.5 Å². The fourth-order valence-electron chi connectivity index (χ4n) is 2.32. The number of fused-ring (bicyclic) bond motifs is 1. The van der Waals surface area contributed by atoms with Crippen molar-refractivity contribution in [2.45, 2.75) is 19.5 Å². The molecule has 19 heavy (non-hydrogen) atoms. The van der Waals surface area contributed by atoms with Gasteiger partial charge in [-0.2, -0.15) is 0 Å². The quantitative estimate of drug-likeness (QED) is 0.774. The van der Waals surface area contributed by atoms with Gasteiger partial charge >= 0.3 is 0 Å². The lowest BCUT2D eigenvalue weighted by Gasteiger charge is -2.04. The number of hydrogen-bond donors (Lipinski definition) is 1. The van der Waals surface area contributed by atoms with E-state index in [9.17, 15) is 0 Å². The van der Waals surface area contributed by atoms with Gasteiger partial charge in [0.05, 0.1) is 0 Å². The first-order chi connectivity index (χ1) is 9.38. The minimum Gasteiger partial charge on any atom is -0.332 e. The van der Waals surface area contributed by atoms with Crippen LogP contribution in [0.15, 0.2) is 49.1 Å². The van der Waals surface area contributed by atoms with Crippen molar-refractivity contribution in [3.8, 4) is 0 Å². The monoisotopic (exact) mass is 252 g/mol. The van der Waals surface area contributed by atoms with Crippen molar-refractivity contribution >= 4 is 11.0 Å². The highest BCUT2D eigenvalue weighted by Crippen LogP contribution is 2.19. The molecule has 4 heteroatoms. The van der Waals surface area contributed by atoms with E-state index in [1.165, 1.54) is 5.56 Å². The SMILES string of the molecule is NCc1cn(CCc2cccnc2)c2ncccc12. The molecule has 0 unspecified atom stereocenters. The van der Waals surface area contributed by atoms with Crippen molar-refractivity contribution in [2.75, 3.05) is 0 Å². The molecular formula is C15H16N4. The molecule has 3 heterocycles. The van der Waals surface area contributed by atoms with Crippen LogP contribution in [0.25, 0.3) is 11.0 Å². The molecule has 0 aliphatic rings. The second-order valence-electron chi connectivity index (χ2n) is 4.54. The maximum atomic E-state index is 5.79. The summed E-state index contributed by atoms with van der Waals surface area (Å²) in [6.45, 7) is 1.43. The smallest absolute Gasteiger partial charge is 0.140 e. The van der Waals surface area contributed by atoms with E-state index in [4.69, 9.17) is 5.73 Å². The fraction of sp³-hybridized carbons (Fsp3) is 0.200. The third-order valence-corrected chi connectivity index (χ3v) is 3.30. The van der Waals surface area contributed by atoms with Gasteiger partial charge < -0.3 is 10.3 Å². The zero-order chi connectivity index (χ0) is 13.1. The van der Waals surface area contributed by atoms with Crippen LogP contribution in [0.3, 0.4) is 0 Å². The summed E-state index contributed by atoms with van der Waals surface area (Å²) in [6.07, 6.45) is 8.57. The molecule has 0 aliphatic heterocycles. The van der Waals surface area contributed by atoms with Gasteiger partial charge in [-0.3, -0.25) is 4.98 Å². The number of hydrogen-bond acceptors (Lipinski definition) is 3. The molecule has 2 N–H and O–H groups in total. The summed E-state index contributed by atoms with van der Waals surface area (Å²) in [6, 6.07) is 8.08. The van der Waals surface area contributed by atoms with Crippen molar-refractivity contribution in [2.24, 2.45) is 5.73 Å². The Labute approximate surface area is 111 Å². The average molecular weight is 252 g/mol. The van der Waals surface area contributed by atoms with Crippen LogP contribution in [0.2, 0.25) is 0 Å². The van der Waals surface area contributed by atoms with E-state index < -0.39 is 0 Å². The molecule has 4 nitrogen and oxygen atoms in total. The number of nitrogens with two attached hydrogens (primary N) is 1. The number of nitrogens with zero attached hydrogens (tertiary/aromatic N) is 3. The van der Waals surface area contributed by atoms with Crippen molar-refractivity contribution in [3.63, 3.8) is 0 Å². The Hall–Kier alpha value is -2.20. The molecule has 0 saturated carbocycles. The lowest BCUT2D eigenvalue weighted by Crippen LogP contribution is -2.01. The van der Waals surface area contributed by atoms with Gasteiger partial charge in [0.15, 0.2) is 0 Å². The van der Waals surface area contributed by atoms with E-state index in [1.807, 2.05) is 24.5 Å². The first-order valence-electron chi connectivity index (χ1n) is 6.40. The summed E-state index contributed by atoms with van der Waals surface area (Å²) in [5.74, 6) is 0. The van der Waals surface area contributed by atoms with Gasteiger partial charge in [0, 0.05) is 43.3 Å². The van der Waals surface area contributed by atoms with Crippen molar-refractivity contribution in [3.05, 3.63) is 60.2 Å². The zero-order valence-corrected chi connectivity index (χ0v) is 10.7. The van der Waals surface area contributed by atoms with Crippen molar-refractivity contribution < 1.29 is 0 Å². The third-order valence-electron chi connectivity index (χ3n) is 3.30. The molecule has 0 fully saturated rings. The second-order valence-corrected chi connectivity index (χ2v) is 4.54. The third kappa shape index (κ3) is 2.35. The predicted octanol–water partition coefficient (Wildman–Crippen LogP) is 2.13. The molecule has 3 aromatic heterocycles. The van der Waals surface area contributed by atoms with Crippen LogP contribution in [-0.4, -0.2) is 14.5 Å². The highest BCUT2D eigenvalue weighted by molar-refractivity contribution is 5.80. The Morgan fingerprint density at radius 1 is 1.16 bits per heavy atom. The summed E-state index contributed by atoms with van der Waals surface area (Å²) in [5, 5.41) is 1.15. The summed E-state index contributed by atoms with van der Waals surface area (Å²) in [5.41, 5.74) is 9.17. The largest absolute Gasteiger partial charge is 0.332 e. The molecule has 0 atom stereocenters. The van der Waals surface area contributed by atoms with Gasteiger partial charge in [0.25, 0.3) is 0 Å². The molecule has 0 radical (unpaired) electrons. The highest BCUT2D eigenvalue weighted by atomic mass is 15.0. The van der Waals surface area contributed by atoms with E-state index in [1.54, 1.807) is 6.20 Å². The van der Waals surface area contributed by atoms with Crippen molar-refractivity contribution in [1.29, 1.82) is 0 Å². The minimum atomic E-state index is 0.544. The van der Waals surface area contributed by atoms with Gasteiger partial charge in [0.1, 0.15) is 5.65 Å². The van der Waals surface area contributed by atoms with Crippen LogP contribution >= 0.6 is 0 Å². The normalized spacial score (nSPS) is 11.0. The molecule has 0 aromatic carbocycles. The van der Waals surface area contributed by atoms with Gasteiger partial charge in [-0.1, -0.05) is 6.07 Å². The lowest BCUT2D eigenvalue weighted by molar-refractivity contribution is 0.711. The van der Waals surface area contributed by atoms with Gasteiger partial charge in [-0.15, -0.1) is 0 Å². The Morgan fingerprint density at radius 3 is 2.84 bits per heavy atom. The van der Waals surface area contributed by atoms with E-state index in [0.717, 1.165) is 29.6 Å². The van der Waals surface area contributed by atoms with E-state index in [-0.39, 0.29) is 0 Å². The van der Waals surface area contributed by atoms with Gasteiger partial charge in [0.2, 0.25) is 0 Å². The standard InChI is InChI=1S/C15H16N4/c16-9-13-11-19(15-14(13)4-2-7-18-15)8-5-12-3-1-6-17-10-12/h1-4,6-7,10-11H,5,8-9,16H2. The van der Waals surface area contributed by atoms with Crippen molar-refractivity contribution in [1.82, 2.24) is 14.5 Å². The second kappa shape index (κ2) is 5.20. The Morgan fingerprint density at radius 2 is 2.05 bits per heavy atom. The Balaban J connectivity index is 1.89. The maximum Gasteiger partial charge on any atom is 0.140 e. The summed E-state index contributed by atoms with van der Waals surface area (Å²) in [7, 11) is 0.